The van der Waals surface area contributed by atoms with E-state index in [4.69, 9.17) is 9.47 Å². The first-order valence-electron chi connectivity index (χ1n) is 11.7. The van der Waals surface area contributed by atoms with Crippen molar-refractivity contribution in [2.45, 2.75) is 38.7 Å². The second kappa shape index (κ2) is 10.1. The van der Waals surface area contributed by atoms with E-state index in [1.807, 2.05) is 75.4 Å². The van der Waals surface area contributed by atoms with E-state index in [1.54, 1.807) is 0 Å². The SMILES string of the molecule is CC(C)(C)OC(=O)CN(CCc1ccccc1)C(=O)OCC1c2ccccc2-c2ccccc21. The summed E-state index contributed by atoms with van der Waals surface area (Å²) in [6, 6.07) is 26.3. The third-order valence-electron chi connectivity index (χ3n) is 5.85. The number of amides is 1. The van der Waals surface area contributed by atoms with Gasteiger partial charge in [0.1, 0.15) is 18.8 Å². The number of hydrogen-bond donors (Lipinski definition) is 0. The Morgan fingerprint density at radius 3 is 1.97 bits per heavy atom. The van der Waals surface area contributed by atoms with E-state index in [0.29, 0.717) is 13.0 Å². The van der Waals surface area contributed by atoms with E-state index in [1.165, 1.54) is 16.0 Å². The predicted molar refractivity (Wildman–Crippen MR) is 133 cm³/mol. The molecule has 0 spiro atoms. The van der Waals surface area contributed by atoms with Gasteiger partial charge in [0.15, 0.2) is 0 Å². The van der Waals surface area contributed by atoms with Gasteiger partial charge < -0.3 is 9.47 Å². The standard InChI is InChI=1S/C29H31NO4/c1-29(2,3)34-27(31)19-30(18-17-21-11-5-4-6-12-21)28(32)33-20-26-24-15-9-7-13-22(24)23-14-8-10-16-25(23)26/h4-16,26H,17-20H2,1-3H3. The summed E-state index contributed by atoms with van der Waals surface area (Å²) < 4.78 is 11.3. The minimum absolute atomic E-state index is 0.0335. The Labute approximate surface area is 201 Å². The van der Waals surface area contributed by atoms with Crippen molar-refractivity contribution in [3.8, 4) is 11.1 Å². The van der Waals surface area contributed by atoms with Crippen LogP contribution in [0.3, 0.4) is 0 Å². The number of benzene rings is 3. The van der Waals surface area contributed by atoms with Crippen LogP contribution in [0.15, 0.2) is 78.9 Å². The fraction of sp³-hybridized carbons (Fsp3) is 0.310. The summed E-state index contributed by atoms with van der Waals surface area (Å²) in [5.74, 6) is -0.483. The summed E-state index contributed by atoms with van der Waals surface area (Å²) in [7, 11) is 0. The van der Waals surface area contributed by atoms with Crippen molar-refractivity contribution >= 4 is 12.1 Å². The molecular formula is C29H31NO4. The maximum atomic E-state index is 13.1. The number of carbonyl (C=O) groups is 2. The second-order valence-electron chi connectivity index (χ2n) is 9.55. The van der Waals surface area contributed by atoms with Crippen molar-refractivity contribution in [2.75, 3.05) is 19.7 Å². The Balaban J connectivity index is 1.47. The fourth-order valence-corrected chi connectivity index (χ4v) is 4.36. The summed E-state index contributed by atoms with van der Waals surface area (Å²) in [4.78, 5) is 27.1. The summed E-state index contributed by atoms with van der Waals surface area (Å²) >= 11 is 0. The number of rotatable bonds is 7. The molecule has 3 aromatic carbocycles. The molecule has 0 atom stereocenters. The number of hydrogen-bond acceptors (Lipinski definition) is 4. The van der Waals surface area contributed by atoms with Crippen LogP contribution in [0.5, 0.6) is 0 Å². The van der Waals surface area contributed by atoms with Gasteiger partial charge in [-0.2, -0.15) is 0 Å². The lowest BCUT2D eigenvalue weighted by atomic mass is 9.98. The molecule has 0 saturated carbocycles. The topological polar surface area (TPSA) is 55.8 Å². The minimum atomic E-state index is -0.622. The van der Waals surface area contributed by atoms with Gasteiger partial charge >= 0.3 is 12.1 Å². The largest absolute Gasteiger partial charge is 0.459 e. The lowest BCUT2D eigenvalue weighted by Gasteiger charge is -2.25. The van der Waals surface area contributed by atoms with Crippen molar-refractivity contribution in [2.24, 2.45) is 0 Å². The molecule has 0 fully saturated rings. The maximum Gasteiger partial charge on any atom is 0.410 e. The molecule has 1 aliphatic rings. The highest BCUT2D eigenvalue weighted by Crippen LogP contribution is 2.44. The molecule has 176 valence electrons. The highest BCUT2D eigenvalue weighted by atomic mass is 16.6. The van der Waals surface area contributed by atoms with Gasteiger partial charge in [-0.3, -0.25) is 9.69 Å². The Morgan fingerprint density at radius 1 is 0.824 bits per heavy atom. The molecule has 0 aliphatic heterocycles. The van der Waals surface area contributed by atoms with Gasteiger partial charge in [0.05, 0.1) is 0 Å². The fourth-order valence-electron chi connectivity index (χ4n) is 4.36. The van der Waals surface area contributed by atoms with Crippen molar-refractivity contribution in [1.29, 1.82) is 0 Å². The number of fused-ring (bicyclic) bond motifs is 3. The molecule has 5 nitrogen and oxygen atoms in total. The molecule has 0 N–H and O–H groups in total. The molecule has 0 aromatic heterocycles. The van der Waals surface area contributed by atoms with Gasteiger partial charge in [-0.05, 0) is 55.0 Å². The number of ether oxygens (including phenoxy) is 2. The molecule has 34 heavy (non-hydrogen) atoms. The van der Waals surface area contributed by atoms with Crippen molar-refractivity contribution in [1.82, 2.24) is 4.90 Å². The second-order valence-corrected chi connectivity index (χ2v) is 9.55. The van der Waals surface area contributed by atoms with E-state index >= 15 is 0 Å². The smallest absolute Gasteiger partial charge is 0.410 e. The quantitative estimate of drug-likeness (QED) is 0.420. The monoisotopic (exact) mass is 457 g/mol. The van der Waals surface area contributed by atoms with Gasteiger partial charge in [-0.25, -0.2) is 4.79 Å². The molecule has 0 unspecified atom stereocenters. The number of nitrogens with zero attached hydrogens (tertiary/aromatic N) is 1. The minimum Gasteiger partial charge on any atom is -0.459 e. The Hall–Kier alpha value is -3.60. The predicted octanol–water partition coefficient (Wildman–Crippen LogP) is 5.82. The average Bonchev–Trinajstić information content (AvgIpc) is 3.13. The van der Waals surface area contributed by atoms with E-state index in [2.05, 4.69) is 24.3 Å². The van der Waals surface area contributed by atoms with Crippen LogP contribution in [0.4, 0.5) is 4.79 Å². The maximum absolute atomic E-state index is 13.1. The van der Waals surface area contributed by atoms with Crippen LogP contribution < -0.4 is 0 Å². The van der Waals surface area contributed by atoms with E-state index < -0.39 is 17.7 Å². The first-order valence-corrected chi connectivity index (χ1v) is 11.7. The zero-order chi connectivity index (χ0) is 24.1. The van der Waals surface area contributed by atoms with Crippen LogP contribution in [-0.2, 0) is 20.7 Å². The average molecular weight is 458 g/mol. The molecule has 0 saturated heterocycles. The molecule has 0 heterocycles. The molecule has 1 aliphatic carbocycles. The van der Waals surface area contributed by atoms with Crippen molar-refractivity contribution in [3.63, 3.8) is 0 Å². The van der Waals surface area contributed by atoms with Gasteiger partial charge in [0.2, 0.25) is 0 Å². The Morgan fingerprint density at radius 2 is 1.38 bits per heavy atom. The molecule has 4 rings (SSSR count). The highest BCUT2D eigenvalue weighted by Gasteiger charge is 2.30. The van der Waals surface area contributed by atoms with Gasteiger partial charge in [0.25, 0.3) is 0 Å². The van der Waals surface area contributed by atoms with Crippen LogP contribution >= 0.6 is 0 Å². The van der Waals surface area contributed by atoms with Crippen molar-refractivity contribution < 1.29 is 19.1 Å². The lowest BCUT2D eigenvalue weighted by Crippen LogP contribution is -2.40. The molecule has 1 amide bonds. The van der Waals surface area contributed by atoms with Crippen LogP contribution in [-0.4, -0.2) is 42.3 Å². The molecule has 0 radical (unpaired) electrons. The Bertz CT molecular complexity index is 1100. The van der Waals surface area contributed by atoms with Gasteiger partial charge in [0, 0.05) is 12.5 Å². The summed E-state index contributed by atoms with van der Waals surface area (Å²) in [6.07, 6.45) is 0.108. The molecule has 3 aromatic rings. The normalized spacial score (nSPS) is 12.6. The van der Waals surface area contributed by atoms with E-state index in [9.17, 15) is 9.59 Å². The number of esters is 1. The van der Waals surface area contributed by atoms with Gasteiger partial charge in [-0.1, -0.05) is 78.9 Å². The molecular weight excluding hydrogens is 426 g/mol. The van der Waals surface area contributed by atoms with E-state index in [0.717, 1.165) is 16.7 Å². The van der Waals surface area contributed by atoms with Crippen LogP contribution in [0.25, 0.3) is 11.1 Å². The third kappa shape index (κ3) is 5.66. The van der Waals surface area contributed by atoms with Crippen LogP contribution in [0.1, 0.15) is 43.4 Å². The lowest BCUT2D eigenvalue weighted by molar-refractivity contribution is -0.155. The summed E-state index contributed by atoms with van der Waals surface area (Å²) in [5.41, 5.74) is 5.12. The number of carbonyl (C=O) groups excluding carboxylic acids is 2. The zero-order valence-electron chi connectivity index (χ0n) is 20.0. The Kier molecular flexibility index (Phi) is 7.01. The van der Waals surface area contributed by atoms with E-state index in [-0.39, 0.29) is 19.1 Å². The summed E-state index contributed by atoms with van der Waals surface area (Å²) in [6.45, 7) is 5.86. The molecule has 0 bridgehead atoms. The van der Waals surface area contributed by atoms with Crippen LogP contribution in [0, 0.1) is 0 Å². The molecule has 5 heteroatoms. The van der Waals surface area contributed by atoms with Gasteiger partial charge in [-0.15, -0.1) is 0 Å². The van der Waals surface area contributed by atoms with Crippen molar-refractivity contribution in [3.05, 3.63) is 95.6 Å². The third-order valence-corrected chi connectivity index (χ3v) is 5.85. The first-order chi connectivity index (χ1) is 16.3. The summed E-state index contributed by atoms with van der Waals surface area (Å²) in [5, 5.41) is 0. The highest BCUT2D eigenvalue weighted by molar-refractivity contribution is 5.80. The zero-order valence-corrected chi connectivity index (χ0v) is 20.0. The first kappa shape index (κ1) is 23.6. The van der Waals surface area contributed by atoms with Crippen LogP contribution in [0.2, 0.25) is 0 Å².